The molecule has 1 unspecified atom stereocenters. The molecule has 17 heavy (non-hydrogen) atoms. The first-order chi connectivity index (χ1) is 7.85. The highest BCUT2D eigenvalue weighted by molar-refractivity contribution is 6.30. The number of aromatic nitrogens is 2. The van der Waals surface area contributed by atoms with E-state index < -0.39 is 5.60 Å². The molecule has 4 nitrogen and oxygen atoms in total. The van der Waals surface area contributed by atoms with Crippen LogP contribution in [0.2, 0.25) is 5.15 Å². The monoisotopic (exact) mass is 258 g/mol. The number of carbonyl (C=O) groups excluding carboxylic acids is 1. The minimum atomic E-state index is -0.744. The lowest BCUT2D eigenvalue weighted by molar-refractivity contribution is -0.138. The van der Waals surface area contributed by atoms with Gasteiger partial charge in [0.05, 0.1) is 5.69 Å². The van der Waals surface area contributed by atoms with E-state index >= 15 is 0 Å². The van der Waals surface area contributed by atoms with Gasteiger partial charge in [-0.2, -0.15) is 5.10 Å². The second kappa shape index (κ2) is 5.19. The molecule has 1 aromatic rings. The fourth-order valence-electron chi connectivity index (χ4n) is 1.68. The van der Waals surface area contributed by atoms with Crippen molar-refractivity contribution in [3.05, 3.63) is 16.4 Å². The van der Waals surface area contributed by atoms with Crippen molar-refractivity contribution in [2.24, 2.45) is 7.05 Å². The summed E-state index contributed by atoms with van der Waals surface area (Å²) in [5.74, 6) is 0.0282. The zero-order valence-electron chi connectivity index (χ0n) is 11.0. The van der Waals surface area contributed by atoms with Crippen LogP contribution in [0.1, 0.15) is 31.5 Å². The first-order valence-electron chi connectivity index (χ1n) is 5.62. The van der Waals surface area contributed by atoms with E-state index in [4.69, 9.17) is 16.3 Å². The molecular weight excluding hydrogens is 240 g/mol. The first-order valence-corrected chi connectivity index (χ1v) is 6.00. The number of carbonyl (C=O) groups is 1. The lowest BCUT2D eigenvalue weighted by atomic mass is 9.93. The Kier molecular flexibility index (Phi) is 4.33. The third kappa shape index (κ3) is 2.69. The van der Waals surface area contributed by atoms with E-state index in [-0.39, 0.29) is 12.2 Å². The van der Waals surface area contributed by atoms with Crippen molar-refractivity contribution in [1.29, 1.82) is 0 Å². The van der Waals surface area contributed by atoms with Crippen LogP contribution in [-0.4, -0.2) is 28.3 Å². The molecular formula is C12H19ClN2O2. The maximum absolute atomic E-state index is 12.2. The summed E-state index contributed by atoms with van der Waals surface area (Å²) in [5.41, 5.74) is 0.835. The SMILES string of the molecule is CCC(C)(OC)C(=O)Cc1c(C)nn(C)c1Cl. The summed E-state index contributed by atoms with van der Waals surface area (Å²) in [5, 5.41) is 4.71. The molecule has 96 valence electrons. The molecule has 0 bridgehead atoms. The van der Waals surface area contributed by atoms with Gasteiger partial charge >= 0.3 is 0 Å². The molecule has 1 rings (SSSR count). The first kappa shape index (κ1) is 14.2. The van der Waals surface area contributed by atoms with Crippen LogP contribution >= 0.6 is 11.6 Å². The minimum absolute atomic E-state index is 0.0282. The maximum atomic E-state index is 12.2. The lowest BCUT2D eigenvalue weighted by Crippen LogP contribution is -2.38. The highest BCUT2D eigenvalue weighted by Gasteiger charge is 2.31. The molecule has 1 atom stereocenters. The summed E-state index contributed by atoms with van der Waals surface area (Å²) in [4.78, 5) is 12.2. The number of methoxy groups -OCH3 is 1. The van der Waals surface area contributed by atoms with Gasteiger partial charge in [-0.15, -0.1) is 0 Å². The molecule has 0 amide bonds. The molecule has 0 aliphatic rings. The quantitative estimate of drug-likeness (QED) is 0.814. The predicted octanol–water partition coefficient (Wildman–Crippen LogP) is 2.31. The van der Waals surface area contributed by atoms with Crippen LogP contribution in [0.25, 0.3) is 0 Å². The Bertz CT molecular complexity index is 422. The van der Waals surface area contributed by atoms with Crippen molar-refractivity contribution in [2.45, 2.75) is 39.2 Å². The minimum Gasteiger partial charge on any atom is -0.371 e. The molecule has 0 spiro atoms. The lowest BCUT2D eigenvalue weighted by Gasteiger charge is -2.24. The number of hydrogen-bond acceptors (Lipinski definition) is 3. The van der Waals surface area contributed by atoms with E-state index in [0.29, 0.717) is 11.6 Å². The Labute approximate surface area is 107 Å². The topological polar surface area (TPSA) is 44.1 Å². The fourth-order valence-corrected chi connectivity index (χ4v) is 1.92. The molecule has 0 aliphatic carbocycles. The average Bonchev–Trinajstić information content (AvgIpc) is 2.54. The maximum Gasteiger partial charge on any atom is 0.168 e. The highest BCUT2D eigenvalue weighted by atomic mass is 35.5. The number of nitrogens with zero attached hydrogens (tertiary/aromatic N) is 2. The molecule has 0 aliphatic heterocycles. The summed E-state index contributed by atoms with van der Waals surface area (Å²) < 4.78 is 6.87. The smallest absolute Gasteiger partial charge is 0.168 e. The van der Waals surface area contributed by atoms with Gasteiger partial charge in [0.1, 0.15) is 10.8 Å². The van der Waals surface area contributed by atoms with Gasteiger partial charge in [0.15, 0.2) is 5.78 Å². The number of hydrogen-bond donors (Lipinski definition) is 0. The number of ether oxygens (including phenoxy) is 1. The highest BCUT2D eigenvalue weighted by Crippen LogP contribution is 2.24. The van der Waals surface area contributed by atoms with E-state index in [9.17, 15) is 4.79 Å². The van der Waals surface area contributed by atoms with Gasteiger partial charge in [-0.25, -0.2) is 0 Å². The van der Waals surface area contributed by atoms with E-state index in [1.54, 1.807) is 25.8 Å². The van der Waals surface area contributed by atoms with E-state index in [1.165, 1.54) is 0 Å². The van der Waals surface area contributed by atoms with Gasteiger partial charge in [0, 0.05) is 26.1 Å². The van der Waals surface area contributed by atoms with Gasteiger partial charge in [0.2, 0.25) is 0 Å². The molecule has 0 fully saturated rings. The van der Waals surface area contributed by atoms with Crippen LogP contribution in [0, 0.1) is 6.92 Å². The normalized spacial score (nSPS) is 14.7. The zero-order valence-corrected chi connectivity index (χ0v) is 11.8. The van der Waals surface area contributed by atoms with Crippen molar-refractivity contribution >= 4 is 17.4 Å². The molecule has 5 heteroatoms. The van der Waals surface area contributed by atoms with Crippen molar-refractivity contribution in [2.75, 3.05) is 7.11 Å². The van der Waals surface area contributed by atoms with Crippen molar-refractivity contribution < 1.29 is 9.53 Å². The van der Waals surface area contributed by atoms with Crippen LogP contribution in [0.5, 0.6) is 0 Å². The fraction of sp³-hybridized carbons (Fsp3) is 0.667. The average molecular weight is 259 g/mol. The van der Waals surface area contributed by atoms with Crippen LogP contribution in [0.4, 0.5) is 0 Å². The summed E-state index contributed by atoms with van der Waals surface area (Å²) in [7, 11) is 3.32. The van der Waals surface area contributed by atoms with Gasteiger partial charge in [-0.05, 0) is 20.3 Å². The molecule has 1 aromatic heterocycles. The van der Waals surface area contributed by atoms with Crippen LogP contribution in [-0.2, 0) is 23.0 Å². The van der Waals surface area contributed by atoms with Crippen molar-refractivity contribution in [3.63, 3.8) is 0 Å². The van der Waals surface area contributed by atoms with Crippen LogP contribution in [0.15, 0.2) is 0 Å². The molecule has 0 N–H and O–H groups in total. The molecule has 1 heterocycles. The van der Waals surface area contributed by atoms with Gasteiger partial charge in [-0.3, -0.25) is 9.48 Å². The van der Waals surface area contributed by atoms with E-state index in [2.05, 4.69) is 5.10 Å². The molecule has 0 saturated carbocycles. The largest absolute Gasteiger partial charge is 0.371 e. The summed E-state index contributed by atoms with van der Waals surface area (Å²) in [6.45, 7) is 5.58. The molecule has 0 saturated heterocycles. The number of Topliss-reactive ketones (excluding diaryl/α,β-unsaturated/α-hetero) is 1. The van der Waals surface area contributed by atoms with Gasteiger partial charge < -0.3 is 4.74 Å². The Morgan fingerprint density at radius 1 is 1.59 bits per heavy atom. The van der Waals surface area contributed by atoms with E-state index in [0.717, 1.165) is 11.3 Å². The number of rotatable bonds is 5. The van der Waals surface area contributed by atoms with Crippen LogP contribution in [0.3, 0.4) is 0 Å². The second-order valence-electron chi connectivity index (χ2n) is 4.37. The zero-order chi connectivity index (χ0) is 13.2. The van der Waals surface area contributed by atoms with Crippen molar-refractivity contribution in [3.8, 4) is 0 Å². The number of halogens is 1. The number of aryl methyl sites for hydroxylation is 2. The standard InChI is InChI=1S/C12H19ClN2O2/c1-6-12(3,17-5)10(16)7-9-8(2)14-15(4)11(9)13/h6-7H2,1-5H3. The third-order valence-electron chi connectivity index (χ3n) is 3.32. The summed E-state index contributed by atoms with van der Waals surface area (Å²) in [6.07, 6.45) is 0.899. The molecule has 0 radical (unpaired) electrons. The van der Waals surface area contributed by atoms with Gasteiger partial charge in [0.25, 0.3) is 0 Å². The van der Waals surface area contributed by atoms with Crippen molar-refractivity contribution in [1.82, 2.24) is 9.78 Å². The third-order valence-corrected chi connectivity index (χ3v) is 3.79. The predicted molar refractivity (Wildman–Crippen MR) is 67.4 cm³/mol. The Morgan fingerprint density at radius 2 is 2.18 bits per heavy atom. The van der Waals surface area contributed by atoms with Crippen LogP contribution < -0.4 is 0 Å². The molecule has 0 aromatic carbocycles. The second-order valence-corrected chi connectivity index (χ2v) is 4.72. The number of ketones is 1. The summed E-state index contributed by atoms with van der Waals surface area (Å²) >= 11 is 6.10. The Balaban J connectivity index is 2.95. The Hall–Kier alpha value is -0.870. The summed E-state index contributed by atoms with van der Waals surface area (Å²) in [6, 6.07) is 0. The Morgan fingerprint density at radius 3 is 2.53 bits per heavy atom. The van der Waals surface area contributed by atoms with Gasteiger partial charge in [-0.1, -0.05) is 18.5 Å². The van der Waals surface area contributed by atoms with E-state index in [1.807, 2.05) is 13.8 Å².